The summed E-state index contributed by atoms with van der Waals surface area (Å²) in [4.78, 5) is 0. The summed E-state index contributed by atoms with van der Waals surface area (Å²) in [5.74, 6) is 3.98. The minimum absolute atomic E-state index is 0.554. The Kier molecular flexibility index (Phi) is 8.37. The van der Waals surface area contributed by atoms with Gasteiger partial charge in [-0.2, -0.15) is 0 Å². The maximum absolute atomic E-state index is 6.39. The van der Waals surface area contributed by atoms with Crippen LogP contribution in [0.2, 0.25) is 0 Å². The number of nitrogens with zero attached hydrogens (tertiary/aromatic N) is 1. The smallest absolute Gasteiger partial charge is 0.161 e. The van der Waals surface area contributed by atoms with Gasteiger partial charge in [0.1, 0.15) is 5.75 Å². The third-order valence-corrected chi connectivity index (χ3v) is 7.95. The molecule has 0 radical (unpaired) electrons. The molecule has 1 aliphatic heterocycles. The molecular weight excluding hydrogens is 538 g/mol. The van der Waals surface area contributed by atoms with Gasteiger partial charge in [0.05, 0.1) is 44.2 Å². The summed E-state index contributed by atoms with van der Waals surface area (Å²) < 4.78 is 33.1. The Morgan fingerprint density at radius 2 is 1.26 bits per heavy atom. The first-order valence-corrected chi connectivity index (χ1v) is 15.7. The van der Waals surface area contributed by atoms with Crippen LogP contribution < -0.4 is 23.7 Å². The number of aryl methyl sites for hydroxylation is 2. The lowest BCUT2D eigenvalue weighted by atomic mass is 9.92. The number of aromatic nitrogens is 1. The van der Waals surface area contributed by atoms with Crippen molar-refractivity contribution >= 4 is 21.7 Å². The van der Waals surface area contributed by atoms with Gasteiger partial charge in [-0.25, -0.2) is 0 Å². The van der Waals surface area contributed by atoms with Gasteiger partial charge in [0.25, 0.3) is 0 Å². The van der Waals surface area contributed by atoms with Crippen LogP contribution in [0.25, 0.3) is 44.1 Å². The third-order valence-electron chi connectivity index (χ3n) is 7.95. The molecule has 0 atom stereocenters. The maximum atomic E-state index is 6.39. The van der Waals surface area contributed by atoms with Gasteiger partial charge in [0.15, 0.2) is 23.0 Å². The Morgan fingerprint density at radius 1 is 0.605 bits per heavy atom. The first kappa shape index (κ1) is 28.8. The molecule has 0 bridgehead atoms. The van der Waals surface area contributed by atoms with E-state index in [4.69, 9.17) is 23.7 Å². The Bertz CT molecular complexity index is 1770. The van der Waals surface area contributed by atoms with E-state index in [0.717, 1.165) is 75.6 Å². The van der Waals surface area contributed by atoms with Crippen molar-refractivity contribution in [2.75, 3.05) is 33.0 Å². The summed E-state index contributed by atoms with van der Waals surface area (Å²) >= 11 is 0. The minimum Gasteiger partial charge on any atom is -0.493 e. The van der Waals surface area contributed by atoms with E-state index in [1.165, 1.54) is 22.2 Å². The second kappa shape index (κ2) is 12.5. The normalized spacial score (nSPS) is 12.2. The van der Waals surface area contributed by atoms with Crippen LogP contribution in [0.5, 0.6) is 28.7 Å². The monoisotopic (exact) mass is 579 g/mol. The summed E-state index contributed by atoms with van der Waals surface area (Å²) in [6.07, 6.45) is 1.84. The standard InChI is InChI=1S/C37H41NO5/c1-6-19-43-31-23-29-35(25-15-16-30(39-7-2)32(21-25)40-8-3)37-28-22-34(42-10-5)33(41-9-4)20-24(28)17-18-38(37)36(29)27-14-12-11-13-26(27)31/h11-16,20-23H,6-10,17-19H2,1-5H3. The molecule has 2 heterocycles. The molecule has 6 rings (SSSR count). The van der Waals surface area contributed by atoms with E-state index in [9.17, 15) is 0 Å². The number of rotatable bonds is 12. The predicted octanol–water partition coefficient (Wildman–Crippen LogP) is 9.07. The van der Waals surface area contributed by atoms with Crippen molar-refractivity contribution in [2.24, 2.45) is 0 Å². The number of benzene rings is 4. The topological polar surface area (TPSA) is 51.1 Å². The van der Waals surface area contributed by atoms with Crippen molar-refractivity contribution in [3.63, 3.8) is 0 Å². The van der Waals surface area contributed by atoms with E-state index in [0.29, 0.717) is 33.0 Å². The zero-order valence-corrected chi connectivity index (χ0v) is 25.9. The molecular formula is C37H41NO5. The largest absolute Gasteiger partial charge is 0.493 e. The maximum Gasteiger partial charge on any atom is 0.161 e. The molecule has 6 nitrogen and oxygen atoms in total. The van der Waals surface area contributed by atoms with Crippen molar-refractivity contribution in [1.82, 2.24) is 4.57 Å². The minimum atomic E-state index is 0.554. The van der Waals surface area contributed by atoms with Crippen molar-refractivity contribution in [1.29, 1.82) is 0 Å². The van der Waals surface area contributed by atoms with Crippen LogP contribution in [0, 0.1) is 0 Å². The zero-order valence-electron chi connectivity index (χ0n) is 25.9. The van der Waals surface area contributed by atoms with Crippen molar-refractivity contribution in [3.05, 3.63) is 66.2 Å². The van der Waals surface area contributed by atoms with Gasteiger partial charge in [-0.3, -0.25) is 0 Å². The zero-order chi connectivity index (χ0) is 29.9. The van der Waals surface area contributed by atoms with Crippen LogP contribution in [0.15, 0.2) is 60.7 Å². The fourth-order valence-electron chi connectivity index (χ4n) is 6.31. The SMILES string of the molecule is CCCOc1cc2c(-c3ccc(OCC)c(OCC)c3)c3n(c2c2ccccc12)CCc1cc(OCC)c(OCC)cc1-3. The molecule has 6 heteroatoms. The lowest BCUT2D eigenvalue weighted by molar-refractivity contribution is 0.287. The Balaban J connectivity index is 1.72. The van der Waals surface area contributed by atoms with Crippen LogP contribution in [0.1, 0.15) is 46.6 Å². The molecule has 1 aromatic heterocycles. The Labute approximate surface area is 254 Å². The summed E-state index contributed by atoms with van der Waals surface area (Å²) in [6, 6.07) is 21.5. The van der Waals surface area contributed by atoms with Crippen LogP contribution in [0.3, 0.4) is 0 Å². The first-order chi connectivity index (χ1) is 21.1. The van der Waals surface area contributed by atoms with Gasteiger partial charge in [-0.1, -0.05) is 37.3 Å². The highest BCUT2D eigenvalue weighted by atomic mass is 16.5. The van der Waals surface area contributed by atoms with Crippen molar-refractivity contribution < 1.29 is 23.7 Å². The van der Waals surface area contributed by atoms with E-state index >= 15 is 0 Å². The van der Waals surface area contributed by atoms with Gasteiger partial charge >= 0.3 is 0 Å². The van der Waals surface area contributed by atoms with Gasteiger partial charge in [0, 0.05) is 33.8 Å². The summed E-state index contributed by atoms with van der Waals surface area (Å²) in [6.45, 7) is 14.0. The molecule has 1 aliphatic rings. The molecule has 224 valence electrons. The molecule has 0 aliphatic carbocycles. The van der Waals surface area contributed by atoms with Crippen LogP contribution in [-0.2, 0) is 13.0 Å². The van der Waals surface area contributed by atoms with Gasteiger partial charge in [-0.15, -0.1) is 0 Å². The third kappa shape index (κ3) is 5.13. The quantitative estimate of drug-likeness (QED) is 0.148. The second-order valence-corrected chi connectivity index (χ2v) is 10.6. The highest BCUT2D eigenvalue weighted by Crippen LogP contribution is 2.51. The van der Waals surface area contributed by atoms with Gasteiger partial charge in [0.2, 0.25) is 0 Å². The fourth-order valence-corrected chi connectivity index (χ4v) is 6.31. The van der Waals surface area contributed by atoms with E-state index in [2.05, 4.69) is 66.1 Å². The molecule has 0 spiro atoms. The van der Waals surface area contributed by atoms with E-state index < -0.39 is 0 Å². The fraction of sp³-hybridized carbons (Fsp3) is 0.351. The molecule has 5 aromatic rings. The van der Waals surface area contributed by atoms with Crippen molar-refractivity contribution in [2.45, 2.75) is 54.0 Å². The van der Waals surface area contributed by atoms with Crippen LogP contribution >= 0.6 is 0 Å². The Hall–Kier alpha value is -4.32. The van der Waals surface area contributed by atoms with E-state index in [1.54, 1.807) is 0 Å². The highest BCUT2D eigenvalue weighted by molar-refractivity contribution is 6.17. The molecule has 0 N–H and O–H groups in total. The van der Waals surface area contributed by atoms with Gasteiger partial charge in [-0.05, 0) is 82.0 Å². The summed E-state index contributed by atoms with van der Waals surface area (Å²) in [5, 5.41) is 3.48. The predicted molar refractivity (Wildman–Crippen MR) is 174 cm³/mol. The van der Waals surface area contributed by atoms with E-state index in [-0.39, 0.29) is 0 Å². The number of hydrogen-bond acceptors (Lipinski definition) is 5. The average Bonchev–Trinajstić information content (AvgIpc) is 3.36. The molecule has 0 saturated carbocycles. The number of ether oxygens (including phenoxy) is 5. The lowest BCUT2D eigenvalue weighted by Gasteiger charge is -2.24. The molecule has 4 aromatic carbocycles. The first-order valence-electron chi connectivity index (χ1n) is 15.7. The lowest BCUT2D eigenvalue weighted by Crippen LogP contribution is -2.12. The number of hydrogen-bond donors (Lipinski definition) is 0. The van der Waals surface area contributed by atoms with Crippen LogP contribution in [-0.4, -0.2) is 37.6 Å². The average molecular weight is 580 g/mol. The molecule has 0 fully saturated rings. The van der Waals surface area contributed by atoms with Crippen LogP contribution in [0.4, 0.5) is 0 Å². The second-order valence-electron chi connectivity index (χ2n) is 10.6. The molecule has 0 saturated heterocycles. The van der Waals surface area contributed by atoms with Crippen molar-refractivity contribution in [3.8, 4) is 51.1 Å². The Morgan fingerprint density at radius 3 is 1.95 bits per heavy atom. The summed E-state index contributed by atoms with van der Waals surface area (Å²) in [5.41, 5.74) is 7.03. The highest BCUT2D eigenvalue weighted by Gasteiger charge is 2.29. The number of fused-ring (bicyclic) bond motifs is 7. The van der Waals surface area contributed by atoms with Gasteiger partial charge < -0.3 is 28.3 Å². The summed E-state index contributed by atoms with van der Waals surface area (Å²) in [7, 11) is 0. The molecule has 0 amide bonds. The molecule has 43 heavy (non-hydrogen) atoms. The molecule has 0 unspecified atom stereocenters. The van der Waals surface area contributed by atoms with E-state index in [1.807, 2.05) is 33.8 Å².